The molecule has 25 heavy (non-hydrogen) atoms. The third-order valence-corrected chi connectivity index (χ3v) is 5.36. The molecule has 3 rings (SSSR count). The van der Waals surface area contributed by atoms with Gasteiger partial charge >= 0.3 is 0 Å². The van der Waals surface area contributed by atoms with Crippen LogP contribution in [-0.4, -0.2) is 54.3 Å². The summed E-state index contributed by atoms with van der Waals surface area (Å²) in [7, 11) is 0. The zero-order valence-corrected chi connectivity index (χ0v) is 15.6. The molecular weight excluding hydrogens is 358 g/mol. The van der Waals surface area contributed by atoms with E-state index in [4.69, 9.17) is 11.6 Å². The Kier molecular flexibility index (Phi) is 5.60. The Labute approximate surface area is 156 Å². The average molecular weight is 378 g/mol. The highest BCUT2D eigenvalue weighted by atomic mass is 35.5. The number of halogens is 1. The smallest absolute Gasteiger partial charge is 0.264 e. The maximum Gasteiger partial charge on any atom is 0.264 e. The fourth-order valence-corrected chi connectivity index (χ4v) is 3.74. The number of carbonyl (C=O) groups is 2. The first-order chi connectivity index (χ1) is 12.0. The molecule has 0 unspecified atom stereocenters. The molecule has 0 bridgehead atoms. The topological polar surface area (TPSA) is 52.7 Å². The van der Waals surface area contributed by atoms with Crippen molar-refractivity contribution < 1.29 is 9.59 Å². The lowest BCUT2D eigenvalue weighted by Gasteiger charge is -2.34. The van der Waals surface area contributed by atoms with Crippen molar-refractivity contribution >= 4 is 40.4 Å². The van der Waals surface area contributed by atoms with E-state index in [0.717, 1.165) is 16.1 Å². The molecule has 0 spiro atoms. The molecule has 0 atom stereocenters. The summed E-state index contributed by atoms with van der Waals surface area (Å²) < 4.78 is 0. The van der Waals surface area contributed by atoms with Crippen LogP contribution in [0.25, 0.3) is 0 Å². The zero-order valence-electron chi connectivity index (χ0n) is 14.0. The van der Waals surface area contributed by atoms with Crippen molar-refractivity contribution in [3.63, 3.8) is 0 Å². The molecular formula is C18H20ClN3O2S. The number of aryl methyl sites for hydroxylation is 1. The number of benzene rings is 1. The average Bonchev–Trinajstić information content (AvgIpc) is 3.15. The van der Waals surface area contributed by atoms with Gasteiger partial charge in [-0.15, -0.1) is 11.3 Å². The Bertz CT molecular complexity index is 756. The second-order valence-electron chi connectivity index (χ2n) is 5.96. The highest BCUT2D eigenvalue weighted by molar-refractivity contribution is 7.12. The molecule has 1 saturated heterocycles. The van der Waals surface area contributed by atoms with Crippen molar-refractivity contribution in [3.05, 3.63) is 51.2 Å². The van der Waals surface area contributed by atoms with Gasteiger partial charge in [0.05, 0.1) is 11.4 Å². The van der Waals surface area contributed by atoms with Crippen molar-refractivity contribution in [2.24, 2.45) is 0 Å². The number of anilines is 1. The Morgan fingerprint density at radius 3 is 2.52 bits per heavy atom. The zero-order chi connectivity index (χ0) is 17.8. The molecule has 0 aliphatic carbocycles. The van der Waals surface area contributed by atoms with Gasteiger partial charge in [-0.3, -0.25) is 9.59 Å². The van der Waals surface area contributed by atoms with Gasteiger partial charge in [0.25, 0.3) is 5.91 Å². The number of hydrogen-bond donors (Lipinski definition) is 1. The summed E-state index contributed by atoms with van der Waals surface area (Å²) in [6, 6.07) is 9.26. The molecule has 1 fully saturated rings. The van der Waals surface area contributed by atoms with Crippen LogP contribution in [0.5, 0.6) is 0 Å². The van der Waals surface area contributed by atoms with Crippen LogP contribution in [-0.2, 0) is 4.79 Å². The fraction of sp³-hybridized carbons (Fsp3) is 0.333. The van der Waals surface area contributed by atoms with Crippen LogP contribution < -0.4 is 5.32 Å². The van der Waals surface area contributed by atoms with E-state index in [1.807, 2.05) is 41.5 Å². The van der Waals surface area contributed by atoms with Gasteiger partial charge in [-0.05, 0) is 42.1 Å². The number of carbonyl (C=O) groups excluding carboxylic acids is 2. The van der Waals surface area contributed by atoms with E-state index < -0.39 is 0 Å². The van der Waals surface area contributed by atoms with Crippen LogP contribution >= 0.6 is 22.9 Å². The first-order valence-electron chi connectivity index (χ1n) is 8.15. The third-order valence-electron chi connectivity index (χ3n) is 4.27. The summed E-state index contributed by atoms with van der Waals surface area (Å²) in [5, 5.41) is 5.75. The number of nitrogens with zero attached hydrogens (tertiary/aromatic N) is 2. The lowest BCUT2D eigenvalue weighted by Crippen LogP contribution is -2.51. The summed E-state index contributed by atoms with van der Waals surface area (Å²) in [4.78, 5) is 29.1. The summed E-state index contributed by atoms with van der Waals surface area (Å²) >= 11 is 7.39. The van der Waals surface area contributed by atoms with Crippen LogP contribution in [0.1, 0.15) is 15.2 Å². The van der Waals surface area contributed by atoms with Crippen LogP contribution in [0, 0.1) is 6.92 Å². The lowest BCUT2D eigenvalue weighted by atomic mass is 10.2. The maximum absolute atomic E-state index is 12.4. The quantitative estimate of drug-likeness (QED) is 0.890. The van der Waals surface area contributed by atoms with Gasteiger partial charge < -0.3 is 15.1 Å². The number of rotatable bonds is 4. The lowest BCUT2D eigenvalue weighted by molar-refractivity contribution is -0.130. The molecule has 1 aromatic heterocycles. The highest BCUT2D eigenvalue weighted by Crippen LogP contribution is 2.19. The van der Waals surface area contributed by atoms with E-state index >= 15 is 0 Å². The molecule has 1 aliphatic rings. The molecule has 132 valence electrons. The van der Waals surface area contributed by atoms with Gasteiger partial charge in [-0.25, -0.2) is 0 Å². The molecule has 2 heterocycles. The predicted molar refractivity (Wildman–Crippen MR) is 101 cm³/mol. The Hall–Kier alpha value is -2.05. The first-order valence-corrected chi connectivity index (χ1v) is 9.41. The van der Waals surface area contributed by atoms with Crippen molar-refractivity contribution in [3.8, 4) is 0 Å². The van der Waals surface area contributed by atoms with E-state index in [-0.39, 0.29) is 18.4 Å². The van der Waals surface area contributed by atoms with E-state index in [1.54, 1.807) is 11.0 Å². The number of nitrogens with one attached hydrogen (secondary N) is 1. The van der Waals surface area contributed by atoms with Gasteiger partial charge in [0.2, 0.25) is 5.91 Å². The van der Waals surface area contributed by atoms with Crippen molar-refractivity contribution in [2.75, 3.05) is 38.0 Å². The molecule has 2 amide bonds. The molecule has 0 saturated carbocycles. The summed E-state index contributed by atoms with van der Waals surface area (Å²) in [5.41, 5.74) is 1.91. The van der Waals surface area contributed by atoms with Crippen molar-refractivity contribution in [1.82, 2.24) is 9.80 Å². The second kappa shape index (κ2) is 7.89. The van der Waals surface area contributed by atoms with E-state index in [2.05, 4.69) is 5.32 Å². The Morgan fingerprint density at radius 2 is 1.88 bits per heavy atom. The van der Waals surface area contributed by atoms with Crippen molar-refractivity contribution in [2.45, 2.75) is 6.92 Å². The van der Waals surface area contributed by atoms with Crippen molar-refractivity contribution in [1.29, 1.82) is 0 Å². The Balaban J connectivity index is 1.49. The van der Waals surface area contributed by atoms with Crippen LogP contribution in [0.2, 0.25) is 5.02 Å². The molecule has 0 radical (unpaired) electrons. The third kappa shape index (κ3) is 4.32. The van der Waals surface area contributed by atoms with E-state index in [0.29, 0.717) is 31.2 Å². The molecule has 5 nitrogen and oxygen atoms in total. The van der Waals surface area contributed by atoms with Crippen LogP contribution in [0.3, 0.4) is 0 Å². The largest absolute Gasteiger partial charge is 0.376 e. The minimum Gasteiger partial charge on any atom is -0.376 e. The van der Waals surface area contributed by atoms with Crippen LogP contribution in [0.4, 0.5) is 5.69 Å². The standard InChI is InChI=1S/C18H20ClN3O2S/c1-13-11-14(19)4-5-15(13)20-12-17(23)21-6-8-22(9-7-21)18(24)16-3-2-10-25-16/h2-5,10-11,20H,6-9,12H2,1H3. The molecule has 1 N–H and O–H groups in total. The normalized spacial score (nSPS) is 14.5. The van der Waals surface area contributed by atoms with Crippen LogP contribution in [0.15, 0.2) is 35.7 Å². The molecule has 1 aromatic carbocycles. The molecule has 7 heteroatoms. The molecule has 1 aliphatic heterocycles. The van der Waals surface area contributed by atoms with E-state index in [1.165, 1.54) is 11.3 Å². The number of hydrogen-bond acceptors (Lipinski definition) is 4. The van der Waals surface area contributed by atoms with Gasteiger partial charge in [-0.2, -0.15) is 0 Å². The van der Waals surface area contributed by atoms with Gasteiger partial charge in [0, 0.05) is 36.9 Å². The Morgan fingerprint density at radius 1 is 1.16 bits per heavy atom. The minimum atomic E-state index is 0.0394. The van der Waals surface area contributed by atoms with Gasteiger partial charge in [0.1, 0.15) is 0 Å². The minimum absolute atomic E-state index is 0.0394. The molecule has 2 aromatic rings. The number of amides is 2. The van der Waals surface area contributed by atoms with Gasteiger partial charge in [-0.1, -0.05) is 17.7 Å². The maximum atomic E-state index is 12.4. The monoisotopic (exact) mass is 377 g/mol. The summed E-state index contributed by atoms with van der Waals surface area (Å²) in [6.45, 7) is 4.47. The second-order valence-corrected chi connectivity index (χ2v) is 7.35. The van der Waals surface area contributed by atoms with Gasteiger partial charge in [0.15, 0.2) is 0 Å². The summed E-state index contributed by atoms with van der Waals surface area (Å²) in [5.74, 6) is 0.0922. The first kappa shape index (κ1) is 17.8. The predicted octanol–water partition coefficient (Wildman–Crippen LogP) is 3.11. The fourth-order valence-electron chi connectivity index (χ4n) is 2.82. The highest BCUT2D eigenvalue weighted by Gasteiger charge is 2.25. The summed E-state index contributed by atoms with van der Waals surface area (Å²) in [6.07, 6.45) is 0. The number of piperazine rings is 1. The SMILES string of the molecule is Cc1cc(Cl)ccc1NCC(=O)N1CCN(C(=O)c2cccs2)CC1. The number of thiophene rings is 1. The van der Waals surface area contributed by atoms with E-state index in [9.17, 15) is 9.59 Å².